The molecule has 0 heterocycles. The van der Waals surface area contributed by atoms with Gasteiger partial charge in [-0.1, -0.05) is 220 Å². The van der Waals surface area contributed by atoms with Crippen LogP contribution >= 0.6 is 0 Å². The lowest BCUT2D eigenvalue weighted by atomic mass is 10.1. The van der Waals surface area contributed by atoms with Crippen molar-refractivity contribution in [1.29, 1.82) is 0 Å². The molecule has 0 rings (SSSR count). The fourth-order valence-corrected chi connectivity index (χ4v) is 7.48. The van der Waals surface area contributed by atoms with Crippen molar-refractivity contribution in [2.45, 2.75) is 258 Å². The van der Waals surface area contributed by atoms with Crippen LogP contribution in [0.25, 0.3) is 0 Å². The number of carbonyl (C=O) groups is 3. The molecule has 0 amide bonds. The van der Waals surface area contributed by atoms with Crippen molar-refractivity contribution in [2.75, 3.05) is 13.2 Å². The maximum absolute atomic E-state index is 12.8. The summed E-state index contributed by atoms with van der Waals surface area (Å²) in [5, 5.41) is 0. The Kier molecular flexibility index (Phi) is 53.4. The number of esters is 3. The topological polar surface area (TPSA) is 78.9 Å². The maximum Gasteiger partial charge on any atom is 0.306 e. The molecule has 0 aromatic heterocycles. The van der Waals surface area contributed by atoms with Crippen LogP contribution in [0.3, 0.4) is 0 Å². The second-order valence-corrected chi connectivity index (χ2v) is 18.5. The van der Waals surface area contributed by atoms with Gasteiger partial charge in [0, 0.05) is 19.3 Å². The van der Waals surface area contributed by atoms with Gasteiger partial charge in [0.25, 0.3) is 0 Å². The Morgan fingerprint density at radius 3 is 0.957 bits per heavy atom. The monoisotopic (exact) mass is 957 g/mol. The summed E-state index contributed by atoms with van der Waals surface area (Å²) < 4.78 is 16.8. The first-order valence-electron chi connectivity index (χ1n) is 28.4. The highest BCUT2D eigenvalue weighted by molar-refractivity contribution is 5.71. The van der Waals surface area contributed by atoms with Crippen LogP contribution in [0.1, 0.15) is 252 Å². The zero-order valence-corrected chi connectivity index (χ0v) is 44.8. The highest BCUT2D eigenvalue weighted by Gasteiger charge is 2.19. The highest BCUT2D eigenvalue weighted by Crippen LogP contribution is 2.14. The second-order valence-electron chi connectivity index (χ2n) is 18.5. The van der Waals surface area contributed by atoms with Crippen LogP contribution in [0.5, 0.6) is 0 Å². The van der Waals surface area contributed by atoms with E-state index in [9.17, 15) is 14.4 Å². The third kappa shape index (κ3) is 54.9. The van der Waals surface area contributed by atoms with Crippen molar-refractivity contribution in [1.82, 2.24) is 0 Å². The summed E-state index contributed by atoms with van der Waals surface area (Å²) in [7, 11) is 0. The molecule has 69 heavy (non-hydrogen) atoms. The Hall–Kier alpha value is -3.93. The van der Waals surface area contributed by atoms with E-state index in [1.165, 1.54) is 57.8 Å². The minimum absolute atomic E-state index is 0.0932. The van der Waals surface area contributed by atoms with Gasteiger partial charge >= 0.3 is 17.9 Å². The molecule has 6 nitrogen and oxygen atoms in total. The highest BCUT2D eigenvalue weighted by atomic mass is 16.6. The molecule has 6 heteroatoms. The molecule has 392 valence electrons. The molecule has 0 aliphatic heterocycles. The predicted octanol–water partition coefficient (Wildman–Crippen LogP) is 19.1. The van der Waals surface area contributed by atoms with Crippen LogP contribution in [0.4, 0.5) is 0 Å². The molecule has 1 atom stereocenters. The number of hydrogen-bond acceptors (Lipinski definition) is 6. The van der Waals surface area contributed by atoms with Gasteiger partial charge in [-0.3, -0.25) is 14.4 Å². The Morgan fingerprint density at radius 1 is 0.304 bits per heavy atom. The van der Waals surface area contributed by atoms with E-state index < -0.39 is 6.10 Å². The van der Waals surface area contributed by atoms with E-state index in [1.54, 1.807) is 0 Å². The molecule has 0 aliphatic rings. The summed E-state index contributed by atoms with van der Waals surface area (Å²) >= 11 is 0. The first kappa shape index (κ1) is 65.1. The minimum atomic E-state index is -0.794. The Morgan fingerprint density at radius 2 is 0.594 bits per heavy atom. The van der Waals surface area contributed by atoms with Gasteiger partial charge in [-0.2, -0.15) is 0 Å². The van der Waals surface area contributed by atoms with Crippen LogP contribution in [-0.4, -0.2) is 37.2 Å². The molecular weight excluding hydrogens is 853 g/mol. The van der Waals surface area contributed by atoms with E-state index >= 15 is 0 Å². The molecule has 0 bridgehead atoms. The molecule has 0 saturated carbocycles. The number of ether oxygens (including phenoxy) is 3. The minimum Gasteiger partial charge on any atom is -0.462 e. The molecule has 0 aromatic rings. The largest absolute Gasteiger partial charge is 0.462 e. The zero-order chi connectivity index (χ0) is 50.0. The lowest BCUT2D eigenvalue weighted by Gasteiger charge is -2.18. The Labute approximate surface area is 425 Å². The van der Waals surface area contributed by atoms with Crippen molar-refractivity contribution >= 4 is 17.9 Å². The summed E-state index contributed by atoms with van der Waals surface area (Å²) in [6.45, 7) is 6.42. The predicted molar refractivity (Wildman–Crippen MR) is 297 cm³/mol. The van der Waals surface area contributed by atoms with E-state index in [0.717, 1.165) is 154 Å². The first-order chi connectivity index (χ1) is 34.0. The van der Waals surface area contributed by atoms with Gasteiger partial charge in [0.15, 0.2) is 6.10 Å². The maximum atomic E-state index is 12.8. The normalized spacial score (nSPS) is 12.9. The molecule has 0 aromatic carbocycles. The van der Waals surface area contributed by atoms with E-state index in [-0.39, 0.29) is 31.1 Å². The number of rotatable bonds is 50. The van der Waals surface area contributed by atoms with Gasteiger partial charge in [-0.15, -0.1) is 0 Å². The van der Waals surface area contributed by atoms with Crippen molar-refractivity contribution in [3.8, 4) is 0 Å². The first-order valence-corrected chi connectivity index (χ1v) is 28.4. The Bertz CT molecular complexity index is 1420. The van der Waals surface area contributed by atoms with Gasteiger partial charge in [-0.25, -0.2) is 0 Å². The smallest absolute Gasteiger partial charge is 0.306 e. The SMILES string of the molecule is CC/C=C\C/C=C\C/C=C\C/C=C\C/C=C\C/C=C\C/C=C\CCCCCCCC(=O)OCC(COC(=O)CCCCCCC/C=C\CCC)OC(=O)CCCCCCC/C=C\CCCCCCC. The summed E-state index contributed by atoms with van der Waals surface area (Å²) in [5.74, 6) is -0.934. The summed E-state index contributed by atoms with van der Waals surface area (Å²) in [5.41, 5.74) is 0. The van der Waals surface area contributed by atoms with E-state index in [4.69, 9.17) is 14.2 Å². The number of hydrogen-bond donors (Lipinski definition) is 0. The van der Waals surface area contributed by atoms with Gasteiger partial charge < -0.3 is 14.2 Å². The lowest BCUT2D eigenvalue weighted by molar-refractivity contribution is -0.167. The summed E-state index contributed by atoms with van der Waals surface area (Å²) in [6, 6.07) is 0. The number of unbranched alkanes of at least 4 members (excludes halogenated alkanes) is 21. The van der Waals surface area contributed by atoms with Gasteiger partial charge in [0.2, 0.25) is 0 Å². The average molecular weight is 958 g/mol. The summed E-state index contributed by atoms with van der Waals surface area (Å²) in [6.07, 6.45) is 76.6. The van der Waals surface area contributed by atoms with E-state index in [0.29, 0.717) is 19.3 Å². The fourth-order valence-electron chi connectivity index (χ4n) is 7.48. The van der Waals surface area contributed by atoms with Crippen molar-refractivity contribution in [2.24, 2.45) is 0 Å². The van der Waals surface area contributed by atoms with Crippen LogP contribution in [-0.2, 0) is 28.6 Å². The van der Waals surface area contributed by atoms with E-state index in [1.807, 2.05) is 0 Å². The van der Waals surface area contributed by atoms with Crippen LogP contribution < -0.4 is 0 Å². The molecule has 0 saturated heterocycles. The zero-order valence-electron chi connectivity index (χ0n) is 44.8. The number of allylic oxidation sites excluding steroid dienone is 18. The molecule has 0 radical (unpaired) electrons. The van der Waals surface area contributed by atoms with Gasteiger partial charge in [0.1, 0.15) is 13.2 Å². The fraction of sp³-hybridized carbons (Fsp3) is 0.667. The average Bonchev–Trinajstić information content (AvgIpc) is 3.35. The van der Waals surface area contributed by atoms with Crippen molar-refractivity contribution < 1.29 is 28.6 Å². The molecular formula is C63H104O6. The standard InChI is InChI=1S/C63H104O6/c1-4-7-10-13-16-19-22-24-26-27-28-29-30-31-32-33-34-35-36-37-38-40-41-44-47-50-53-56-62(65)68-59-60(58-67-61(64)55-52-49-46-43-21-18-15-12-9-6-3)69-63(66)57-54-51-48-45-42-39-25-23-20-17-14-11-8-5-2/h7,10,12,15-16,19,23-26,28-29,31-32,34-35,37-38,60H,4-6,8-9,11,13-14,17-18,20-22,27,30,33,36,39-59H2,1-3H3/b10-7-,15-12-,19-16-,25-23-,26-24-,29-28-,32-31-,35-34-,38-37-. The third-order valence-corrected chi connectivity index (χ3v) is 11.7. The molecule has 0 spiro atoms. The van der Waals surface area contributed by atoms with Crippen LogP contribution in [0.15, 0.2) is 109 Å². The van der Waals surface area contributed by atoms with Crippen molar-refractivity contribution in [3.05, 3.63) is 109 Å². The third-order valence-electron chi connectivity index (χ3n) is 11.7. The van der Waals surface area contributed by atoms with Crippen molar-refractivity contribution in [3.63, 3.8) is 0 Å². The van der Waals surface area contributed by atoms with E-state index in [2.05, 4.69) is 130 Å². The number of carbonyl (C=O) groups excluding carboxylic acids is 3. The van der Waals surface area contributed by atoms with Gasteiger partial charge in [0.05, 0.1) is 0 Å². The van der Waals surface area contributed by atoms with Gasteiger partial charge in [-0.05, 0) is 122 Å². The summed E-state index contributed by atoms with van der Waals surface area (Å²) in [4.78, 5) is 38.0. The molecule has 1 unspecified atom stereocenters. The molecule has 0 fully saturated rings. The quantitative estimate of drug-likeness (QED) is 0.0262. The second kappa shape index (κ2) is 56.7. The Balaban J connectivity index is 4.33. The molecule has 0 aliphatic carbocycles. The molecule has 0 N–H and O–H groups in total. The lowest BCUT2D eigenvalue weighted by Crippen LogP contribution is -2.30. The van der Waals surface area contributed by atoms with Crippen LogP contribution in [0.2, 0.25) is 0 Å². The van der Waals surface area contributed by atoms with Crippen LogP contribution in [0, 0.1) is 0 Å².